The molecule has 3 aliphatic rings. The van der Waals surface area contributed by atoms with E-state index in [1.807, 2.05) is 0 Å². The summed E-state index contributed by atoms with van der Waals surface area (Å²) in [6.45, 7) is 1.63. The Morgan fingerprint density at radius 1 is 1.16 bits per heavy atom. The third kappa shape index (κ3) is 3.48. The van der Waals surface area contributed by atoms with Crippen LogP contribution in [0.4, 0.5) is 0 Å². The maximum Gasteiger partial charge on any atom is 0.330 e. The van der Waals surface area contributed by atoms with Crippen LogP contribution in [0.1, 0.15) is 34.3 Å². The molecule has 0 saturated heterocycles. The monoisotopic (exact) mass is 528 g/mol. The summed E-state index contributed by atoms with van der Waals surface area (Å²) in [6.07, 6.45) is 0.576. The number of esters is 1. The zero-order valence-electron chi connectivity index (χ0n) is 21.0. The van der Waals surface area contributed by atoms with E-state index in [1.54, 1.807) is 6.92 Å². The van der Waals surface area contributed by atoms with Crippen molar-refractivity contribution in [2.45, 2.75) is 30.6 Å². The van der Waals surface area contributed by atoms with Crippen LogP contribution in [0.5, 0.6) is 5.75 Å². The molecule has 0 unspecified atom stereocenters. The van der Waals surface area contributed by atoms with Crippen molar-refractivity contribution in [1.82, 2.24) is 4.90 Å². The molecule has 0 aromatic heterocycles. The van der Waals surface area contributed by atoms with Gasteiger partial charge in [0.15, 0.2) is 11.4 Å². The van der Waals surface area contributed by atoms with Gasteiger partial charge < -0.3 is 36.0 Å². The minimum atomic E-state index is -2.98. The van der Waals surface area contributed by atoms with Crippen LogP contribution >= 0.6 is 0 Å². The number of hydrogen-bond donors (Lipinski definition) is 6. The standard InChI is InChI=1S/C26H28N2O10/c1-9-11-7-5-10(6-8-12(29)38-4)19(30)14(11)20(31)15-13(9)21(32)17-18(28(2)3)22(33)16(25(27)36)24(35)26(17,37)23(15)34/h5-9,13,17-18,21,30,32-34,37H,1-4H3,(H2,27,36)/b8-6+/t9-,13+,17+,18-,21-,26-/m1/s1. The zero-order chi connectivity index (χ0) is 28.4. The molecule has 0 fully saturated rings. The summed E-state index contributed by atoms with van der Waals surface area (Å²) in [4.78, 5) is 52.0. The minimum Gasteiger partial charge on any atom is -0.510 e. The molecule has 12 nitrogen and oxygen atoms in total. The number of carbonyl (C=O) groups excluding carboxylic acids is 4. The van der Waals surface area contributed by atoms with E-state index in [2.05, 4.69) is 4.74 Å². The predicted molar refractivity (Wildman–Crippen MR) is 131 cm³/mol. The van der Waals surface area contributed by atoms with E-state index in [1.165, 1.54) is 44.3 Å². The second-order valence-electron chi connectivity index (χ2n) is 9.87. The third-order valence-corrected chi connectivity index (χ3v) is 7.76. The highest BCUT2D eigenvalue weighted by atomic mass is 16.5. The van der Waals surface area contributed by atoms with Crippen LogP contribution in [0, 0.1) is 11.8 Å². The van der Waals surface area contributed by atoms with Crippen molar-refractivity contribution in [2.75, 3.05) is 21.2 Å². The number of aliphatic hydroxyl groups is 4. The number of benzene rings is 1. The molecule has 1 aromatic carbocycles. The zero-order valence-corrected chi connectivity index (χ0v) is 21.0. The molecular formula is C26H28N2O10. The normalized spacial score (nSPS) is 30.9. The molecule has 0 bridgehead atoms. The van der Waals surface area contributed by atoms with Crippen LogP contribution in [-0.2, 0) is 19.1 Å². The lowest BCUT2D eigenvalue weighted by atomic mass is 9.55. The SMILES string of the molecule is COC(=O)/C=C/c1ccc2c(c1O)C(=O)C1=C(O)[C@@]3(O)C(=O)C(C(N)=O)=C(O)[C@H](N(C)C)[C@H]3[C@H](O)[C@H]1[C@@H]2C. The van der Waals surface area contributed by atoms with Crippen molar-refractivity contribution in [3.05, 3.63) is 57.6 Å². The average Bonchev–Trinajstić information content (AvgIpc) is 2.84. The molecule has 1 aromatic rings. The van der Waals surface area contributed by atoms with E-state index >= 15 is 0 Å². The van der Waals surface area contributed by atoms with Crippen molar-refractivity contribution in [3.8, 4) is 5.75 Å². The number of primary amides is 1. The van der Waals surface area contributed by atoms with Gasteiger partial charge in [0.1, 0.15) is 22.8 Å². The molecule has 4 rings (SSSR count). The number of methoxy groups -OCH3 is 1. The number of aromatic hydroxyl groups is 1. The molecule has 1 amide bonds. The molecule has 6 atom stereocenters. The lowest BCUT2D eigenvalue weighted by molar-refractivity contribution is -0.162. The van der Waals surface area contributed by atoms with Gasteiger partial charge in [-0.1, -0.05) is 19.1 Å². The van der Waals surface area contributed by atoms with Crippen LogP contribution in [0.3, 0.4) is 0 Å². The Kier molecular flexibility index (Phi) is 6.46. The maximum absolute atomic E-state index is 13.7. The van der Waals surface area contributed by atoms with E-state index in [0.717, 1.165) is 6.08 Å². The topological polar surface area (TPSA) is 208 Å². The van der Waals surface area contributed by atoms with Gasteiger partial charge in [0, 0.05) is 23.1 Å². The van der Waals surface area contributed by atoms with Gasteiger partial charge in [0.25, 0.3) is 5.91 Å². The second kappa shape index (κ2) is 9.08. The van der Waals surface area contributed by atoms with Crippen LogP contribution in [0.15, 0.2) is 40.9 Å². The number of carbonyl (C=O) groups is 4. The Balaban J connectivity index is 1.98. The average molecular weight is 529 g/mol. The Bertz CT molecular complexity index is 1370. The summed E-state index contributed by atoms with van der Waals surface area (Å²) >= 11 is 0. The van der Waals surface area contributed by atoms with Gasteiger partial charge in [-0.25, -0.2) is 4.79 Å². The summed E-state index contributed by atoms with van der Waals surface area (Å²) in [5.74, 6) is -10.4. The number of amides is 1. The molecule has 7 N–H and O–H groups in total. The first kappa shape index (κ1) is 27.0. The number of phenolic OH excluding ortho intramolecular Hbond substituents is 1. The number of fused-ring (bicyclic) bond motifs is 3. The number of nitrogens with zero attached hydrogens (tertiary/aromatic N) is 1. The van der Waals surface area contributed by atoms with Crippen LogP contribution < -0.4 is 5.73 Å². The number of phenols is 1. The highest BCUT2D eigenvalue weighted by Crippen LogP contribution is 2.55. The van der Waals surface area contributed by atoms with Gasteiger partial charge in [0.05, 0.1) is 30.7 Å². The first-order chi connectivity index (χ1) is 17.7. The summed E-state index contributed by atoms with van der Waals surface area (Å²) in [5.41, 5.74) is 0.979. The fourth-order valence-electron chi connectivity index (χ4n) is 6.00. The number of ether oxygens (including phenoxy) is 1. The van der Waals surface area contributed by atoms with Gasteiger partial charge >= 0.3 is 5.97 Å². The summed E-state index contributed by atoms with van der Waals surface area (Å²) in [7, 11) is 4.09. The number of Topliss-reactive ketones (excluding diaryl/α,β-unsaturated/α-hetero) is 2. The van der Waals surface area contributed by atoms with E-state index < -0.39 is 87.4 Å². The number of ketones is 2. The van der Waals surface area contributed by atoms with Gasteiger partial charge in [-0.3, -0.25) is 19.3 Å². The van der Waals surface area contributed by atoms with E-state index in [9.17, 15) is 44.7 Å². The Labute approximate surface area is 216 Å². The first-order valence-electron chi connectivity index (χ1n) is 11.7. The molecule has 0 heterocycles. The molecule has 0 radical (unpaired) electrons. The van der Waals surface area contributed by atoms with Crippen molar-refractivity contribution < 1.29 is 49.4 Å². The van der Waals surface area contributed by atoms with E-state index in [-0.39, 0.29) is 11.1 Å². The van der Waals surface area contributed by atoms with Gasteiger partial charge in [-0.05, 0) is 31.7 Å². The number of hydrogen-bond acceptors (Lipinski definition) is 11. The third-order valence-electron chi connectivity index (χ3n) is 7.76. The Morgan fingerprint density at radius 2 is 1.79 bits per heavy atom. The van der Waals surface area contributed by atoms with Gasteiger partial charge in [-0.15, -0.1) is 0 Å². The smallest absolute Gasteiger partial charge is 0.330 e. The maximum atomic E-state index is 13.7. The summed E-state index contributed by atoms with van der Waals surface area (Å²) in [5, 5.41) is 56.3. The number of likely N-dealkylation sites (N-methyl/N-ethyl adjacent to an activating group) is 1. The summed E-state index contributed by atoms with van der Waals surface area (Å²) < 4.78 is 4.53. The Morgan fingerprint density at radius 3 is 2.34 bits per heavy atom. The lowest BCUT2D eigenvalue weighted by Crippen LogP contribution is -2.68. The van der Waals surface area contributed by atoms with Crippen LogP contribution in [0.25, 0.3) is 6.08 Å². The van der Waals surface area contributed by atoms with E-state index in [0.29, 0.717) is 5.56 Å². The molecule has 12 heteroatoms. The number of rotatable bonds is 4. The molecule has 0 saturated carbocycles. The highest BCUT2D eigenvalue weighted by Gasteiger charge is 2.67. The summed E-state index contributed by atoms with van der Waals surface area (Å²) in [6, 6.07) is 1.65. The van der Waals surface area contributed by atoms with Crippen molar-refractivity contribution in [1.29, 1.82) is 0 Å². The van der Waals surface area contributed by atoms with Crippen LogP contribution in [-0.4, -0.2) is 92.8 Å². The number of nitrogens with two attached hydrogens (primary N) is 1. The first-order valence-corrected chi connectivity index (χ1v) is 11.7. The second-order valence-corrected chi connectivity index (χ2v) is 9.87. The predicted octanol–water partition coefficient (Wildman–Crippen LogP) is -0.161. The fraction of sp³-hybridized carbons (Fsp3) is 0.385. The van der Waals surface area contributed by atoms with Crippen LogP contribution in [0.2, 0.25) is 0 Å². The molecule has 3 aliphatic carbocycles. The number of aliphatic hydroxyl groups excluding tert-OH is 3. The molecular weight excluding hydrogens is 500 g/mol. The minimum absolute atomic E-state index is 0.0754. The molecule has 38 heavy (non-hydrogen) atoms. The molecule has 0 spiro atoms. The van der Waals surface area contributed by atoms with E-state index in [4.69, 9.17) is 5.73 Å². The molecule has 0 aliphatic heterocycles. The fourth-order valence-corrected chi connectivity index (χ4v) is 6.00. The molecule has 202 valence electrons. The lowest BCUT2D eigenvalue weighted by Gasteiger charge is -2.53. The van der Waals surface area contributed by atoms with Crippen molar-refractivity contribution in [2.24, 2.45) is 17.6 Å². The van der Waals surface area contributed by atoms with Crippen molar-refractivity contribution >= 4 is 29.5 Å². The highest BCUT2D eigenvalue weighted by molar-refractivity contribution is 6.25. The van der Waals surface area contributed by atoms with Gasteiger partial charge in [-0.2, -0.15) is 0 Å². The quantitative estimate of drug-likeness (QED) is 0.172. The van der Waals surface area contributed by atoms with Crippen molar-refractivity contribution in [3.63, 3.8) is 0 Å². The van der Waals surface area contributed by atoms with Gasteiger partial charge in [0.2, 0.25) is 5.78 Å². The largest absolute Gasteiger partial charge is 0.510 e. The Hall–Kier alpha value is -4.00.